The lowest BCUT2D eigenvalue weighted by atomic mass is 10.2. The van der Waals surface area contributed by atoms with Gasteiger partial charge in [-0.1, -0.05) is 0 Å². The zero-order valence-electron chi connectivity index (χ0n) is 14.2. The molecule has 2 fully saturated rings. The highest BCUT2D eigenvalue weighted by atomic mass is 15.3. The van der Waals surface area contributed by atoms with Crippen molar-refractivity contribution in [3.63, 3.8) is 0 Å². The first-order valence-corrected chi connectivity index (χ1v) is 8.77. The fourth-order valence-electron chi connectivity index (χ4n) is 3.39. The van der Waals surface area contributed by atoms with Gasteiger partial charge in [0.05, 0.1) is 5.56 Å². The monoisotopic (exact) mass is 335 g/mol. The summed E-state index contributed by atoms with van der Waals surface area (Å²) in [5.41, 5.74) is 0.595. The van der Waals surface area contributed by atoms with Crippen molar-refractivity contribution in [2.45, 2.75) is 12.8 Å². The highest BCUT2D eigenvalue weighted by Gasteiger charge is 2.21. The standard InChI is InChI=1S/C18H21N7/c19-13-15-3-4-16(21-14-15)23-9-11-24(12-10-23)17-5-6-20-18(22-17)25-7-1-2-8-25/h3-6,14H,1-2,7-12H2. The summed E-state index contributed by atoms with van der Waals surface area (Å²) in [6.45, 7) is 5.70. The molecule has 0 aliphatic carbocycles. The Bertz CT molecular complexity index is 754. The maximum atomic E-state index is 8.87. The van der Waals surface area contributed by atoms with Gasteiger partial charge < -0.3 is 14.7 Å². The van der Waals surface area contributed by atoms with Gasteiger partial charge in [0.2, 0.25) is 5.95 Å². The molecule has 0 saturated carbocycles. The van der Waals surface area contributed by atoms with Crippen molar-refractivity contribution in [3.05, 3.63) is 36.2 Å². The average molecular weight is 335 g/mol. The quantitative estimate of drug-likeness (QED) is 0.845. The Labute approximate surface area is 147 Å². The van der Waals surface area contributed by atoms with Crippen LogP contribution in [0.2, 0.25) is 0 Å². The number of hydrogen-bond acceptors (Lipinski definition) is 7. The second-order valence-corrected chi connectivity index (χ2v) is 6.40. The smallest absolute Gasteiger partial charge is 0.227 e. The molecule has 0 radical (unpaired) electrons. The van der Waals surface area contributed by atoms with Crippen LogP contribution in [0.15, 0.2) is 30.6 Å². The van der Waals surface area contributed by atoms with Gasteiger partial charge in [-0.2, -0.15) is 10.2 Å². The van der Waals surface area contributed by atoms with Crippen molar-refractivity contribution < 1.29 is 0 Å². The first-order chi connectivity index (χ1) is 12.3. The van der Waals surface area contributed by atoms with Gasteiger partial charge in [0.1, 0.15) is 17.7 Å². The van der Waals surface area contributed by atoms with Gasteiger partial charge >= 0.3 is 0 Å². The zero-order valence-corrected chi connectivity index (χ0v) is 14.2. The van der Waals surface area contributed by atoms with E-state index in [0.29, 0.717) is 5.56 Å². The first kappa shape index (κ1) is 15.6. The number of hydrogen-bond donors (Lipinski definition) is 0. The van der Waals surface area contributed by atoms with E-state index in [9.17, 15) is 0 Å². The van der Waals surface area contributed by atoms with E-state index in [1.807, 2.05) is 24.4 Å². The van der Waals surface area contributed by atoms with Crippen molar-refractivity contribution in [1.82, 2.24) is 15.0 Å². The number of pyridine rings is 1. The molecule has 0 atom stereocenters. The van der Waals surface area contributed by atoms with E-state index < -0.39 is 0 Å². The zero-order chi connectivity index (χ0) is 17.1. The van der Waals surface area contributed by atoms with Crippen LogP contribution >= 0.6 is 0 Å². The third-order valence-corrected chi connectivity index (χ3v) is 4.82. The number of rotatable bonds is 3. The SMILES string of the molecule is N#Cc1ccc(N2CCN(c3ccnc(N4CCCC4)n3)CC2)nc1. The Balaban J connectivity index is 1.41. The second-order valence-electron chi connectivity index (χ2n) is 6.40. The highest BCUT2D eigenvalue weighted by molar-refractivity contribution is 5.48. The first-order valence-electron chi connectivity index (χ1n) is 8.77. The Morgan fingerprint density at radius 1 is 0.800 bits per heavy atom. The molecule has 0 amide bonds. The second kappa shape index (κ2) is 6.93. The molecule has 2 aliphatic rings. The van der Waals surface area contributed by atoms with Gasteiger partial charge in [-0.15, -0.1) is 0 Å². The summed E-state index contributed by atoms with van der Waals surface area (Å²) < 4.78 is 0. The third kappa shape index (κ3) is 3.33. The van der Waals surface area contributed by atoms with Crippen LogP contribution < -0.4 is 14.7 Å². The fourth-order valence-corrected chi connectivity index (χ4v) is 3.39. The summed E-state index contributed by atoms with van der Waals surface area (Å²) in [4.78, 5) is 20.4. The summed E-state index contributed by atoms with van der Waals surface area (Å²) in [6, 6.07) is 7.84. The van der Waals surface area contributed by atoms with Crippen LogP contribution in [0.1, 0.15) is 18.4 Å². The van der Waals surface area contributed by atoms with E-state index in [4.69, 9.17) is 10.2 Å². The van der Waals surface area contributed by atoms with E-state index in [0.717, 1.165) is 56.9 Å². The summed E-state index contributed by atoms with van der Waals surface area (Å²) >= 11 is 0. The molecule has 2 aromatic heterocycles. The minimum Gasteiger partial charge on any atom is -0.353 e. The molecule has 2 aliphatic heterocycles. The maximum Gasteiger partial charge on any atom is 0.227 e. The molecule has 0 aromatic carbocycles. The molecule has 2 saturated heterocycles. The number of nitriles is 1. The van der Waals surface area contributed by atoms with Gasteiger partial charge in [0.15, 0.2) is 0 Å². The van der Waals surface area contributed by atoms with Gasteiger partial charge in [-0.25, -0.2) is 9.97 Å². The predicted molar refractivity (Wildman–Crippen MR) is 96.9 cm³/mol. The van der Waals surface area contributed by atoms with Crippen LogP contribution in [0.3, 0.4) is 0 Å². The van der Waals surface area contributed by atoms with Crippen molar-refractivity contribution in [1.29, 1.82) is 5.26 Å². The Morgan fingerprint density at radius 2 is 1.52 bits per heavy atom. The lowest BCUT2D eigenvalue weighted by Gasteiger charge is -2.36. The molecule has 7 heteroatoms. The molecular weight excluding hydrogens is 314 g/mol. The third-order valence-electron chi connectivity index (χ3n) is 4.82. The van der Waals surface area contributed by atoms with Gasteiger partial charge in [0, 0.05) is 51.7 Å². The molecule has 128 valence electrons. The molecule has 7 nitrogen and oxygen atoms in total. The lowest BCUT2D eigenvalue weighted by molar-refractivity contribution is 0.640. The van der Waals surface area contributed by atoms with E-state index in [2.05, 4.69) is 30.7 Å². The molecular formula is C18H21N7. The summed E-state index contributed by atoms with van der Waals surface area (Å²) in [5.74, 6) is 2.79. The van der Waals surface area contributed by atoms with Crippen molar-refractivity contribution in [2.24, 2.45) is 0 Å². The van der Waals surface area contributed by atoms with Crippen LogP contribution in [0.4, 0.5) is 17.6 Å². The van der Waals surface area contributed by atoms with Crippen molar-refractivity contribution in [3.8, 4) is 6.07 Å². The minimum absolute atomic E-state index is 0.595. The van der Waals surface area contributed by atoms with E-state index in [1.165, 1.54) is 12.8 Å². The lowest BCUT2D eigenvalue weighted by Crippen LogP contribution is -2.47. The largest absolute Gasteiger partial charge is 0.353 e. The van der Waals surface area contributed by atoms with Crippen molar-refractivity contribution in [2.75, 3.05) is 54.0 Å². The number of nitrogens with zero attached hydrogens (tertiary/aromatic N) is 7. The average Bonchev–Trinajstić information content (AvgIpc) is 3.23. The number of aromatic nitrogens is 3. The Morgan fingerprint density at radius 3 is 2.16 bits per heavy atom. The molecule has 25 heavy (non-hydrogen) atoms. The van der Waals surface area contributed by atoms with Gasteiger partial charge in [0.25, 0.3) is 0 Å². The van der Waals surface area contributed by atoms with Crippen LogP contribution in [0.5, 0.6) is 0 Å². The topological polar surface area (TPSA) is 72.2 Å². The fraction of sp³-hybridized carbons (Fsp3) is 0.444. The van der Waals surface area contributed by atoms with Crippen LogP contribution in [0.25, 0.3) is 0 Å². The van der Waals surface area contributed by atoms with E-state index >= 15 is 0 Å². The van der Waals surface area contributed by atoms with Gasteiger partial charge in [-0.05, 0) is 31.0 Å². The maximum absolute atomic E-state index is 8.87. The van der Waals surface area contributed by atoms with Gasteiger partial charge in [-0.3, -0.25) is 0 Å². The number of piperazine rings is 1. The minimum atomic E-state index is 0.595. The highest BCUT2D eigenvalue weighted by Crippen LogP contribution is 2.21. The summed E-state index contributed by atoms with van der Waals surface area (Å²) in [6.07, 6.45) is 5.95. The molecule has 0 N–H and O–H groups in total. The Hall–Kier alpha value is -2.88. The molecule has 0 spiro atoms. The number of anilines is 3. The predicted octanol–water partition coefficient (Wildman–Crippen LogP) is 1.67. The molecule has 0 bridgehead atoms. The van der Waals surface area contributed by atoms with Crippen LogP contribution in [-0.2, 0) is 0 Å². The molecule has 4 heterocycles. The van der Waals surface area contributed by atoms with E-state index in [1.54, 1.807) is 6.20 Å². The summed E-state index contributed by atoms with van der Waals surface area (Å²) in [7, 11) is 0. The van der Waals surface area contributed by atoms with Crippen LogP contribution in [-0.4, -0.2) is 54.2 Å². The molecule has 0 unspecified atom stereocenters. The van der Waals surface area contributed by atoms with Crippen molar-refractivity contribution >= 4 is 17.6 Å². The van der Waals surface area contributed by atoms with E-state index in [-0.39, 0.29) is 0 Å². The molecule has 4 rings (SSSR count). The normalized spacial score (nSPS) is 17.6. The molecule has 2 aromatic rings. The Kier molecular flexibility index (Phi) is 4.34. The summed E-state index contributed by atoms with van der Waals surface area (Å²) in [5, 5.41) is 8.87. The van der Waals surface area contributed by atoms with Crippen LogP contribution in [0, 0.1) is 11.3 Å².